The van der Waals surface area contributed by atoms with Gasteiger partial charge in [0, 0.05) is 30.1 Å². The van der Waals surface area contributed by atoms with Crippen LogP contribution in [0.15, 0.2) is 0 Å². The quantitative estimate of drug-likeness (QED) is 0.0545. The maximum atomic E-state index is 12.6. The molecule has 2 amide bonds. The normalized spacial score (nSPS) is 31.3. The van der Waals surface area contributed by atoms with Crippen molar-refractivity contribution < 1.29 is 84.5 Å². The summed E-state index contributed by atoms with van der Waals surface area (Å²) in [5.74, 6) is 3.62. The van der Waals surface area contributed by atoms with Gasteiger partial charge in [-0.2, -0.15) is 8.42 Å². The Morgan fingerprint density at radius 1 is 0.478 bits per heavy atom. The summed E-state index contributed by atoms with van der Waals surface area (Å²) in [5.41, 5.74) is -3.71. The number of carbonyl (C=O) groups is 8. The zero-order chi connectivity index (χ0) is 76.6. The minimum Gasteiger partial charge on any atom is -0.463 e. The molecule has 12 aliphatic carbocycles. The number of esters is 6. The fourth-order valence-corrected chi connectivity index (χ4v) is 21.1. The highest BCUT2D eigenvalue weighted by atomic mass is 32.2. The van der Waals surface area contributed by atoms with Crippen LogP contribution in [0.3, 0.4) is 0 Å². The van der Waals surface area contributed by atoms with Gasteiger partial charge in [0.25, 0.3) is 10.1 Å². The molecule has 0 aromatic heterocycles. The summed E-state index contributed by atoms with van der Waals surface area (Å²) >= 11 is 0. The first-order chi connectivity index (χ1) is 47.8. The number of aliphatic hydroxyl groups is 1. The molecule has 19 nitrogen and oxygen atoms in total. The van der Waals surface area contributed by atoms with Gasteiger partial charge >= 0.3 is 35.8 Å². The smallest absolute Gasteiger partial charge is 0.347 e. The third kappa shape index (κ3) is 26.0. The number of β-lactam (4-membered cyclic amide) rings is 1. The van der Waals surface area contributed by atoms with Gasteiger partial charge in [0.05, 0.1) is 56.5 Å². The summed E-state index contributed by atoms with van der Waals surface area (Å²) in [5, 5.41) is 10.3. The Kier molecular flexibility index (Phi) is 47.4. The molecule has 10 bridgehead atoms. The summed E-state index contributed by atoms with van der Waals surface area (Å²) in [6.07, 6.45) is 28.2. The maximum Gasteiger partial charge on any atom is 0.347 e. The summed E-state index contributed by atoms with van der Waals surface area (Å²) < 4.78 is 62.2. The van der Waals surface area contributed by atoms with Crippen LogP contribution in [-0.2, 0) is 81.1 Å². The molecule has 15 aliphatic rings. The van der Waals surface area contributed by atoms with Gasteiger partial charge < -0.3 is 33.5 Å². The summed E-state index contributed by atoms with van der Waals surface area (Å²) in [7, 11) is -3.43. The first kappa shape index (κ1) is 119. The standard InChI is InChI=1S/C18H30O2.C16H26O3.C14H26O2.C13H20O5S.C12H19NO2.C10H16O4.12CH4/c1-5-17(3,4)16(19)20-18(6-2)14-8-12-7-13(10-14)11-15(18)9-12;1-4-14(2,3)13(17)19-16-8-11-5-12(9-16)7-15(18,6-11)10-16;1-5-13(3,4)12(15)16-14(6-2)10-8-7-9-11-14;1-4-13(2,3)12(14)17-10-7-5-8-9(6-7)19(15,16)18-11(8)10;1-4-12(2,3)11(15)13-9-7-5-6-8(9)10(13)14;1-4-10(2,3)9(12)14-7-5-6-13-8(7)11;;;;;;;;;;;;/h12-15H,5-11H2,1-4H3;11-12,18H,4-10H2,1-3H3;5-11H2,1-4H3;7-11H,4-6H2,1-3H3;8-9H,4-7H2,1-3H3;7H,4-6H2,1-3H3;12*1H4. The topological polar surface area (TPSA) is 259 Å². The van der Waals surface area contributed by atoms with Gasteiger partial charge in [-0.15, -0.1) is 0 Å². The number of nitrogens with zero attached hydrogens (tertiary/aromatic N) is 1. The first-order valence-electron chi connectivity index (χ1n) is 40.7. The Morgan fingerprint density at radius 3 is 1.32 bits per heavy atom. The monoisotopic (exact) mass is 1660 g/mol. The first-order valence-corrected chi connectivity index (χ1v) is 42.1. The van der Waals surface area contributed by atoms with Crippen molar-refractivity contribution in [1.29, 1.82) is 0 Å². The molecule has 20 heteroatoms. The van der Waals surface area contributed by atoms with Crippen molar-refractivity contribution in [2.45, 2.75) is 472 Å². The molecule has 115 heavy (non-hydrogen) atoms. The van der Waals surface area contributed by atoms with E-state index in [1.165, 1.54) is 62.7 Å². The number of cyclic esters (lactones) is 1. The number of carbonyl (C=O) groups excluding carboxylic acids is 8. The third-order valence-electron chi connectivity index (χ3n) is 28.4. The molecule has 1 N–H and O–H groups in total. The number of rotatable bonds is 19. The van der Waals surface area contributed by atoms with Crippen LogP contribution in [0.4, 0.5) is 0 Å². The molecule has 684 valence electrons. The van der Waals surface area contributed by atoms with Gasteiger partial charge in [0.1, 0.15) is 29.0 Å². The average molecular weight is 1660 g/mol. The van der Waals surface area contributed by atoms with Crippen molar-refractivity contribution in [3.63, 3.8) is 0 Å². The van der Waals surface area contributed by atoms with Gasteiger partial charge in [0.15, 0.2) is 0 Å². The van der Waals surface area contributed by atoms with Gasteiger partial charge in [-0.05, 0) is 272 Å². The highest BCUT2D eigenvalue weighted by Gasteiger charge is 2.66. The molecule has 3 heterocycles. The minimum atomic E-state index is -3.43. The maximum absolute atomic E-state index is 12.6. The van der Waals surface area contributed by atoms with Crippen molar-refractivity contribution in [1.82, 2.24) is 4.90 Å². The Balaban J connectivity index is -0.000000414. The summed E-state index contributed by atoms with van der Waals surface area (Å²) in [6, 6.07) is 0.232. The number of hydrogen-bond donors (Lipinski definition) is 1. The number of fused-ring (bicyclic) bond motifs is 2. The number of imide groups is 1. The molecule has 12 saturated carbocycles. The van der Waals surface area contributed by atoms with E-state index in [1.54, 1.807) is 13.8 Å². The fourth-order valence-electron chi connectivity index (χ4n) is 19.2. The predicted molar refractivity (Wildman–Crippen MR) is 474 cm³/mol. The molecule has 10 unspecified atom stereocenters. The Morgan fingerprint density at radius 2 is 0.904 bits per heavy atom. The van der Waals surface area contributed by atoms with E-state index in [2.05, 4.69) is 20.8 Å². The minimum absolute atomic E-state index is 0. The van der Waals surface area contributed by atoms with E-state index in [0.717, 1.165) is 115 Å². The largest absolute Gasteiger partial charge is 0.463 e. The molecule has 0 aromatic carbocycles. The Labute approximate surface area is 708 Å². The highest BCUT2D eigenvalue weighted by Crippen LogP contribution is 2.62. The molecule has 3 saturated heterocycles. The zero-order valence-corrected chi connectivity index (χ0v) is 68.1. The van der Waals surface area contributed by atoms with E-state index in [4.69, 9.17) is 32.6 Å². The van der Waals surface area contributed by atoms with Crippen LogP contribution in [-0.4, -0.2) is 125 Å². The van der Waals surface area contributed by atoms with E-state index < -0.39 is 50.1 Å². The molecule has 3 aliphatic heterocycles. The van der Waals surface area contributed by atoms with Crippen molar-refractivity contribution >= 4 is 57.7 Å². The lowest BCUT2D eigenvalue weighted by molar-refractivity contribution is -0.225. The number of hydrogen-bond acceptors (Lipinski definition) is 18. The molecule has 0 aromatic rings. The van der Waals surface area contributed by atoms with Crippen molar-refractivity contribution in [2.24, 2.45) is 85.8 Å². The lowest BCUT2D eigenvalue weighted by Crippen LogP contribution is -2.63. The SMILES string of the molecule is C.C.C.C.C.C.C.C.C.C.C.C.CCC(C)(C)C(=O)N1C(=O)C2CCCC21.CCC(C)(C)C(=O)OC1(CC)C2CC3CC(C2)CC1C3.CCC(C)(C)C(=O)OC12CC3CC(CC(O)(C3)C1)C2.CCC(C)(C)C(=O)OC1C2CC3C1OS(=O)(=O)C3C2.CCC(C)(C)C(=O)OC1CCOC1=O.CCC1(OC(=O)C(C)(C)CC)CCCCC1. The van der Waals surface area contributed by atoms with Gasteiger partial charge in [-0.1, -0.05) is 171 Å². The number of amides is 2. The zero-order valence-electron chi connectivity index (χ0n) is 67.2. The second-order valence-electron chi connectivity index (χ2n) is 38.0. The van der Waals surface area contributed by atoms with Gasteiger partial charge in [-0.25, -0.2) is 4.79 Å². The van der Waals surface area contributed by atoms with Crippen LogP contribution >= 0.6 is 0 Å². The highest BCUT2D eigenvalue weighted by molar-refractivity contribution is 7.87. The van der Waals surface area contributed by atoms with Gasteiger partial charge in [-0.3, -0.25) is 42.6 Å². The van der Waals surface area contributed by atoms with E-state index >= 15 is 0 Å². The second-order valence-corrected chi connectivity index (χ2v) is 39.8. The average Bonchev–Trinajstić information content (AvgIpc) is 1.70. The van der Waals surface area contributed by atoms with Crippen LogP contribution < -0.4 is 0 Å². The van der Waals surface area contributed by atoms with Crippen LogP contribution in [0.1, 0.15) is 420 Å². The van der Waals surface area contributed by atoms with Crippen molar-refractivity contribution in [2.75, 3.05) is 6.61 Å². The molecule has 15 rings (SSSR count). The van der Waals surface area contributed by atoms with E-state index in [-0.39, 0.29) is 199 Å². The fraction of sp³-hybridized carbons (Fsp3) is 0.916. The lowest BCUT2D eigenvalue weighted by Gasteiger charge is -2.60. The van der Waals surface area contributed by atoms with E-state index in [9.17, 15) is 51.9 Å². The lowest BCUT2D eigenvalue weighted by atomic mass is 9.49. The predicted octanol–water partition coefficient (Wildman–Crippen LogP) is 24.0. The molecular formula is C95H185NO18S. The second kappa shape index (κ2) is 45.6. The number of ether oxygens (including phenoxy) is 6. The van der Waals surface area contributed by atoms with Crippen molar-refractivity contribution in [3.05, 3.63) is 0 Å². The van der Waals surface area contributed by atoms with Crippen LogP contribution in [0.2, 0.25) is 0 Å². The van der Waals surface area contributed by atoms with Crippen LogP contribution in [0.25, 0.3) is 0 Å². The summed E-state index contributed by atoms with van der Waals surface area (Å²) in [4.78, 5) is 97.3. The molecular weight excluding hydrogens is 1480 g/mol. The molecule has 0 radical (unpaired) electrons. The third-order valence-corrected chi connectivity index (χ3v) is 30.2. The van der Waals surface area contributed by atoms with Crippen molar-refractivity contribution in [3.8, 4) is 0 Å². The Bertz CT molecular complexity index is 3110. The van der Waals surface area contributed by atoms with E-state index in [1.807, 2.05) is 104 Å². The Hall–Kier alpha value is -4.17. The molecule has 0 spiro atoms. The van der Waals surface area contributed by atoms with Crippen LogP contribution in [0, 0.1) is 85.8 Å². The summed E-state index contributed by atoms with van der Waals surface area (Å²) in [6.45, 7) is 39.7. The van der Waals surface area contributed by atoms with E-state index in [0.29, 0.717) is 62.4 Å². The molecule has 15 fully saturated rings. The van der Waals surface area contributed by atoms with Gasteiger partial charge in [0.2, 0.25) is 17.9 Å². The number of likely N-dealkylation sites (tertiary alicyclic amines) is 1. The van der Waals surface area contributed by atoms with Crippen LogP contribution in [0.5, 0.6) is 0 Å². The molecule has 10 atom stereocenters.